The van der Waals surface area contributed by atoms with Crippen LogP contribution in [-0.2, 0) is 12.7 Å². The van der Waals surface area contributed by atoms with Gasteiger partial charge in [-0.25, -0.2) is 15.0 Å². The van der Waals surface area contributed by atoms with Crippen LogP contribution in [0.4, 0.5) is 19.1 Å². The molecule has 31 heavy (non-hydrogen) atoms. The Morgan fingerprint density at radius 1 is 1.06 bits per heavy atom. The van der Waals surface area contributed by atoms with Gasteiger partial charge in [0, 0.05) is 31.9 Å². The lowest BCUT2D eigenvalue weighted by Crippen LogP contribution is -2.39. The Morgan fingerprint density at radius 2 is 1.84 bits per heavy atom. The number of oxazole rings is 1. The van der Waals surface area contributed by atoms with Gasteiger partial charge >= 0.3 is 6.18 Å². The maximum atomic E-state index is 12.7. The molecule has 0 amide bonds. The third-order valence-electron chi connectivity index (χ3n) is 3.88. The summed E-state index contributed by atoms with van der Waals surface area (Å²) in [4.78, 5) is 15.7. The molecule has 0 unspecified atom stereocenters. The number of guanidine groups is 1. The second-order valence-electron chi connectivity index (χ2n) is 6.05. The van der Waals surface area contributed by atoms with Gasteiger partial charge < -0.3 is 20.4 Å². The van der Waals surface area contributed by atoms with Crippen molar-refractivity contribution in [3.05, 3.63) is 60.2 Å². The van der Waals surface area contributed by atoms with Crippen molar-refractivity contribution >= 4 is 35.9 Å². The van der Waals surface area contributed by atoms with E-state index in [4.69, 9.17) is 4.42 Å². The van der Waals surface area contributed by atoms with Crippen LogP contribution >= 0.6 is 24.0 Å². The minimum Gasteiger partial charge on any atom is -0.444 e. The maximum absolute atomic E-state index is 12.7. The van der Waals surface area contributed by atoms with E-state index in [0.29, 0.717) is 37.2 Å². The number of aromatic nitrogens is 3. The van der Waals surface area contributed by atoms with E-state index in [-0.39, 0.29) is 29.9 Å². The Morgan fingerprint density at radius 3 is 2.55 bits per heavy atom. The first-order valence-corrected chi connectivity index (χ1v) is 9.04. The summed E-state index contributed by atoms with van der Waals surface area (Å²) in [6, 6.07) is 10.4. The van der Waals surface area contributed by atoms with Crippen LogP contribution < -0.4 is 16.0 Å². The van der Waals surface area contributed by atoms with Crippen molar-refractivity contribution in [3.63, 3.8) is 0 Å². The molecular formula is C19H21F3IN7O. The fourth-order valence-electron chi connectivity index (χ4n) is 2.45. The quantitative estimate of drug-likeness (QED) is 0.180. The molecule has 2 heterocycles. The SMILES string of the molecule is CN=C(NCCNc1nccc(C(F)(F)F)n1)NCc1coc(-c2ccccc2)n1.I. The van der Waals surface area contributed by atoms with Gasteiger partial charge in [-0.1, -0.05) is 18.2 Å². The summed E-state index contributed by atoms with van der Waals surface area (Å²) in [7, 11) is 1.61. The Balaban J connectivity index is 0.00000341. The number of halogens is 4. The third-order valence-corrected chi connectivity index (χ3v) is 3.88. The molecular weight excluding hydrogens is 526 g/mol. The highest BCUT2D eigenvalue weighted by atomic mass is 127. The lowest BCUT2D eigenvalue weighted by Gasteiger charge is -2.12. The van der Waals surface area contributed by atoms with Gasteiger partial charge in [0.15, 0.2) is 5.96 Å². The van der Waals surface area contributed by atoms with Crippen LogP contribution in [0.15, 0.2) is 58.3 Å². The number of hydrogen-bond donors (Lipinski definition) is 3. The molecule has 0 atom stereocenters. The van der Waals surface area contributed by atoms with E-state index in [1.54, 1.807) is 13.3 Å². The van der Waals surface area contributed by atoms with Gasteiger partial charge in [0.1, 0.15) is 12.0 Å². The highest BCUT2D eigenvalue weighted by molar-refractivity contribution is 14.0. The van der Waals surface area contributed by atoms with Gasteiger partial charge in [-0.3, -0.25) is 4.99 Å². The summed E-state index contributed by atoms with van der Waals surface area (Å²) >= 11 is 0. The Hall–Kier alpha value is -2.90. The van der Waals surface area contributed by atoms with Crippen molar-refractivity contribution in [3.8, 4) is 11.5 Å². The number of aliphatic imine (C=N–C) groups is 1. The van der Waals surface area contributed by atoms with E-state index in [1.807, 2.05) is 30.3 Å². The summed E-state index contributed by atoms with van der Waals surface area (Å²) in [5.41, 5.74) is 0.592. The molecule has 0 aliphatic rings. The lowest BCUT2D eigenvalue weighted by molar-refractivity contribution is -0.141. The van der Waals surface area contributed by atoms with Crippen LogP contribution in [0.25, 0.3) is 11.5 Å². The van der Waals surface area contributed by atoms with E-state index in [0.717, 1.165) is 17.8 Å². The van der Waals surface area contributed by atoms with Crippen molar-refractivity contribution in [1.29, 1.82) is 0 Å². The Kier molecular flexibility index (Phi) is 9.03. The molecule has 0 bridgehead atoms. The van der Waals surface area contributed by atoms with Crippen molar-refractivity contribution in [2.75, 3.05) is 25.5 Å². The normalized spacial score (nSPS) is 11.5. The van der Waals surface area contributed by atoms with Gasteiger partial charge in [0.2, 0.25) is 11.8 Å². The number of nitrogens with one attached hydrogen (secondary N) is 3. The molecule has 8 nitrogen and oxygen atoms in total. The van der Waals surface area contributed by atoms with E-state index in [1.165, 1.54) is 0 Å². The lowest BCUT2D eigenvalue weighted by atomic mass is 10.2. The van der Waals surface area contributed by atoms with E-state index < -0.39 is 11.9 Å². The predicted molar refractivity (Wildman–Crippen MR) is 121 cm³/mol. The first-order chi connectivity index (χ1) is 14.5. The minimum absolute atomic E-state index is 0. The molecule has 0 saturated carbocycles. The molecule has 0 spiro atoms. The summed E-state index contributed by atoms with van der Waals surface area (Å²) in [6.07, 6.45) is -1.88. The molecule has 0 radical (unpaired) electrons. The van der Waals surface area contributed by atoms with Gasteiger partial charge in [0.05, 0.1) is 12.2 Å². The average molecular weight is 547 g/mol. The molecule has 12 heteroatoms. The zero-order chi connectivity index (χ0) is 21.4. The van der Waals surface area contributed by atoms with E-state index in [2.05, 4.69) is 35.9 Å². The zero-order valence-electron chi connectivity index (χ0n) is 16.5. The fourth-order valence-corrected chi connectivity index (χ4v) is 2.45. The number of anilines is 1. The number of nitrogens with zero attached hydrogens (tertiary/aromatic N) is 4. The third kappa shape index (κ3) is 7.38. The van der Waals surface area contributed by atoms with Crippen molar-refractivity contribution in [1.82, 2.24) is 25.6 Å². The Labute approximate surface area is 193 Å². The number of rotatable bonds is 7. The fraction of sp³-hybridized carbons (Fsp3) is 0.263. The smallest absolute Gasteiger partial charge is 0.433 e. The minimum atomic E-state index is -4.51. The summed E-state index contributed by atoms with van der Waals surface area (Å²) in [6.45, 7) is 1.07. The highest BCUT2D eigenvalue weighted by Gasteiger charge is 2.32. The van der Waals surface area contributed by atoms with Gasteiger partial charge in [-0.15, -0.1) is 24.0 Å². The topological polar surface area (TPSA) is 100 Å². The van der Waals surface area contributed by atoms with Crippen LogP contribution in [0, 0.1) is 0 Å². The molecule has 0 aliphatic heterocycles. The average Bonchev–Trinajstić information content (AvgIpc) is 3.22. The Bertz CT molecular complexity index is 980. The van der Waals surface area contributed by atoms with Crippen LogP contribution in [-0.4, -0.2) is 41.0 Å². The van der Waals surface area contributed by atoms with Crippen molar-refractivity contribution in [2.24, 2.45) is 4.99 Å². The van der Waals surface area contributed by atoms with Gasteiger partial charge in [-0.05, 0) is 18.2 Å². The summed E-state index contributed by atoms with van der Waals surface area (Å²) in [5, 5.41) is 8.86. The van der Waals surface area contributed by atoms with Gasteiger partial charge in [-0.2, -0.15) is 13.2 Å². The van der Waals surface area contributed by atoms with Crippen LogP contribution in [0.2, 0.25) is 0 Å². The van der Waals surface area contributed by atoms with Crippen molar-refractivity contribution < 1.29 is 17.6 Å². The molecule has 2 aromatic heterocycles. The molecule has 3 N–H and O–H groups in total. The zero-order valence-corrected chi connectivity index (χ0v) is 18.8. The van der Waals surface area contributed by atoms with Gasteiger partial charge in [0.25, 0.3) is 0 Å². The molecule has 1 aromatic carbocycles. The van der Waals surface area contributed by atoms with Crippen LogP contribution in [0.3, 0.4) is 0 Å². The molecule has 3 rings (SSSR count). The largest absolute Gasteiger partial charge is 0.444 e. The summed E-state index contributed by atoms with van der Waals surface area (Å²) in [5.74, 6) is 0.942. The number of benzene rings is 1. The highest BCUT2D eigenvalue weighted by Crippen LogP contribution is 2.27. The van der Waals surface area contributed by atoms with Crippen LogP contribution in [0.5, 0.6) is 0 Å². The first-order valence-electron chi connectivity index (χ1n) is 9.04. The second kappa shape index (κ2) is 11.5. The molecule has 0 saturated heterocycles. The van der Waals surface area contributed by atoms with E-state index in [9.17, 15) is 13.2 Å². The van der Waals surface area contributed by atoms with Crippen LogP contribution in [0.1, 0.15) is 11.4 Å². The summed E-state index contributed by atoms with van der Waals surface area (Å²) < 4.78 is 43.5. The second-order valence-corrected chi connectivity index (χ2v) is 6.05. The first kappa shape index (κ1) is 24.4. The molecule has 0 fully saturated rings. The standard InChI is InChI=1S/C19H20F3N7O.HI/c1-23-17(25-9-10-26-18-24-8-7-15(29-18)19(20,21)22)27-11-14-12-30-16(28-14)13-5-3-2-4-6-13;/h2-8,12H,9-11H2,1H3,(H2,23,25,27)(H,24,26,29);1H. The van der Waals surface area contributed by atoms with E-state index >= 15 is 0 Å². The molecule has 3 aromatic rings. The number of hydrogen-bond acceptors (Lipinski definition) is 6. The maximum Gasteiger partial charge on any atom is 0.433 e. The molecule has 0 aliphatic carbocycles. The molecule has 166 valence electrons. The van der Waals surface area contributed by atoms with Crippen molar-refractivity contribution in [2.45, 2.75) is 12.7 Å². The number of alkyl halides is 3. The monoisotopic (exact) mass is 547 g/mol. The predicted octanol–water partition coefficient (Wildman–Crippen LogP) is 3.55.